The number of rotatable bonds is 40. The van der Waals surface area contributed by atoms with Gasteiger partial charge in [0.25, 0.3) is 0 Å². The Balaban J connectivity index is 1.29. The molecule has 72 heavy (non-hydrogen) atoms. The molecule has 0 aliphatic heterocycles. The van der Waals surface area contributed by atoms with Gasteiger partial charge in [-0.1, -0.05) is 259 Å². The summed E-state index contributed by atoms with van der Waals surface area (Å²) in [5, 5.41) is 0. The van der Waals surface area contributed by atoms with Gasteiger partial charge in [-0.2, -0.15) is 17.5 Å². The Labute approximate surface area is 464 Å². The molecule has 0 amide bonds. The van der Waals surface area contributed by atoms with Crippen LogP contribution in [-0.4, -0.2) is 17.5 Å². The van der Waals surface area contributed by atoms with E-state index in [1.165, 1.54) is 314 Å². The van der Waals surface area contributed by atoms with E-state index in [0.717, 1.165) is 31.0 Å². The number of halogens is 2. The number of nitrogens with zero attached hydrogens (tertiary/aromatic N) is 4. The van der Waals surface area contributed by atoms with Gasteiger partial charge in [0.2, 0.25) is 0 Å². The lowest BCUT2D eigenvalue weighted by Gasteiger charge is -2.35. The molecule has 2 aliphatic rings. The van der Waals surface area contributed by atoms with Gasteiger partial charge in [-0.25, -0.2) is 0 Å². The molecule has 0 radical (unpaired) electrons. The minimum atomic E-state index is -0.0727. The summed E-state index contributed by atoms with van der Waals surface area (Å²) in [5.41, 5.74) is 16.0. The lowest BCUT2D eigenvalue weighted by Crippen LogP contribution is -2.27. The highest BCUT2D eigenvalue weighted by atomic mass is 79.9. The van der Waals surface area contributed by atoms with Crippen LogP contribution in [0.2, 0.25) is 0 Å². The van der Waals surface area contributed by atoms with Gasteiger partial charge < -0.3 is 0 Å². The lowest BCUT2D eigenvalue weighted by atomic mass is 9.68. The summed E-state index contributed by atoms with van der Waals surface area (Å²) in [5.74, 6) is 0. The zero-order valence-electron chi connectivity index (χ0n) is 46.0. The van der Waals surface area contributed by atoms with Crippen molar-refractivity contribution in [3.05, 3.63) is 55.5 Å². The fraction of sp³-hybridized carbons (Fsp3) is 0.719. The number of fused-ring (bicyclic) bond motifs is 10. The van der Waals surface area contributed by atoms with Gasteiger partial charge in [0.15, 0.2) is 0 Å². The van der Waals surface area contributed by atoms with Gasteiger partial charge in [0.05, 0.1) is 23.5 Å². The summed E-state index contributed by atoms with van der Waals surface area (Å²) >= 11 is 11.0. The number of aromatic nitrogens is 4. The van der Waals surface area contributed by atoms with Crippen molar-refractivity contribution in [3.63, 3.8) is 0 Å². The van der Waals surface area contributed by atoms with Crippen molar-refractivity contribution in [2.45, 2.75) is 295 Å². The molecule has 0 saturated carbocycles. The third-order valence-corrected chi connectivity index (χ3v) is 19.8. The van der Waals surface area contributed by atoms with Gasteiger partial charge in [0.1, 0.15) is 22.1 Å². The maximum Gasteiger partial charge on any atom is 0.119 e. The van der Waals surface area contributed by atoms with Gasteiger partial charge >= 0.3 is 0 Å². The van der Waals surface area contributed by atoms with Crippen molar-refractivity contribution in [1.29, 1.82) is 0 Å². The summed E-state index contributed by atoms with van der Waals surface area (Å²) in [6.07, 6.45) is 53.5. The predicted molar refractivity (Wildman–Crippen MR) is 324 cm³/mol. The van der Waals surface area contributed by atoms with Crippen LogP contribution in [0.15, 0.2) is 33.2 Å². The molecule has 8 heteroatoms. The van der Waals surface area contributed by atoms with Crippen molar-refractivity contribution in [2.75, 3.05) is 0 Å². The van der Waals surface area contributed by atoms with Crippen LogP contribution in [0.3, 0.4) is 0 Å². The predicted octanol–water partition coefficient (Wildman–Crippen LogP) is 23.4. The topological polar surface area (TPSA) is 51.6 Å². The Hall–Kier alpha value is -1.74. The zero-order chi connectivity index (χ0) is 50.4. The monoisotopic (exact) mass is 1140 g/mol. The average Bonchev–Trinajstić information content (AvgIpc) is 4.18. The third kappa shape index (κ3) is 14.4. The Morgan fingerprint density at radius 1 is 0.306 bits per heavy atom. The smallest absolute Gasteiger partial charge is 0.119 e. The fourth-order valence-corrected chi connectivity index (χ4v) is 15.9. The highest BCUT2D eigenvalue weighted by Gasteiger charge is 2.49. The van der Waals surface area contributed by atoms with Crippen LogP contribution >= 0.6 is 55.3 Å². The van der Waals surface area contributed by atoms with Crippen molar-refractivity contribution in [3.8, 4) is 22.3 Å². The van der Waals surface area contributed by atoms with Crippen LogP contribution in [0.4, 0.5) is 0 Å². The number of unbranched alkanes of at least 4 members (excludes halogenated alkanes) is 32. The highest BCUT2D eigenvalue weighted by Crippen LogP contribution is 2.63. The SMILES string of the molecule is CCCCCCCCCCCC1(CCCCCCCCCCC)c2cc3c(cc2-c2c1cc(Br)c1nsnc21)C(CCCCCCCCCCC)(CCCCCCCCCCC)c1cc(Br)c2nsnc2c1-3. The largest absolute Gasteiger partial charge is 0.172 e. The normalized spacial score (nSPS) is 14.2. The van der Waals surface area contributed by atoms with E-state index >= 15 is 0 Å². The van der Waals surface area contributed by atoms with Crippen molar-refractivity contribution >= 4 is 77.4 Å². The standard InChI is InChI=1S/C64H96Br2N4S2/c1-5-9-13-17-21-25-29-33-37-41-63(42-38-34-30-26-22-18-14-10-6-2)51-45-50-52(46-49(51)57-53(63)47-55(65)59-61(57)69-71-67-59)64(43-39-35-31-27-23-19-15-11-7-3,44-40-36-32-28-24-20-16-12-8-4)54-48-56(66)60-62(58(50)54)70-72-68-60/h45-48H,5-44H2,1-4H3. The van der Waals surface area contributed by atoms with Crippen LogP contribution in [0.1, 0.15) is 307 Å². The zero-order valence-corrected chi connectivity index (χ0v) is 50.8. The molecule has 0 N–H and O–H groups in total. The number of hydrogen-bond acceptors (Lipinski definition) is 6. The second-order valence-corrected chi connectivity index (χ2v) is 25.7. The average molecular weight is 1150 g/mol. The second-order valence-electron chi connectivity index (χ2n) is 22.9. The van der Waals surface area contributed by atoms with E-state index in [4.69, 9.17) is 17.5 Å². The Kier molecular flexibility index (Phi) is 24.8. The molecule has 2 aliphatic carbocycles. The summed E-state index contributed by atoms with van der Waals surface area (Å²) in [6.45, 7) is 9.31. The Morgan fingerprint density at radius 2 is 0.542 bits per heavy atom. The van der Waals surface area contributed by atoms with Gasteiger partial charge in [-0.15, -0.1) is 0 Å². The van der Waals surface area contributed by atoms with Crippen molar-refractivity contribution in [2.24, 2.45) is 0 Å². The van der Waals surface area contributed by atoms with Crippen LogP contribution < -0.4 is 0 Å². The first-order valence-electron chi connectivity index (χ1n) is 30.6. The van der Waals surface area contributed by atoms with Gasteiger partial charge in [-0.3, -0.25) is 0 Å². The number of hydrogen-bond donors (Lipinski definition) is 0. The van der Waals surface area contributed by atoms with E-state index in [0.29, 0.717) is 0 Å². The van der Waals surface area contributed by atoms with E-state index < -0.39 is 0 Å². The molecule has 3 aromatic carbocycles. The molecular weight excluding hydrogens is 1050 g/mol. The summed E-state index contributed by atoms with van der Waals surface area (Å²) in [6, 6.07) is 10.6. The molecule has 0 bridgehead atoms. The minimum Gasteiger partial charge on any atom is -0.172 e. The third-order valence-electron chi connectivity index (χ3n) is 17.6. The molecule has 5 aromatic rings. The van der Waals surface area contributed by atoms with E-state index in [1.54, 1.807) is 11.1 Å². The van der Waals surface area contributed by atoms with Gasteiger partial charge in [0, 0.05) is 30.9 Å². The summed E-state index contributed by atoms with van der Waals surface area (Å²) in [4.78, 5) is 0. The van der Waals surface area contributed by atoms with Crippen LogP contribution in [0.5, 0.6) is 0 Å². The minimum absolute atomic E-state index is 0.0727. The molecule has 0 unspecified atom stereocenters. The first kappa shape index (κ1) is 58.0. The van der Waals surface area contributed by atoms with Crippen molar-refractivity contribution < 1.29 is 0 Å². The molecule has 4 nitrogen and oxygen atoms in total. The van der Waals surface area contributed by atoms with Crippen LogP contribution in [0, 0.1) is 0 Å². The van der Waals surface area contributed by atoms with E-state index in [-0.39, 0.29) is 10.8 Å². The van der Waals surface area contributed by atoms with Crippen LogP contribution in [-0.2, 0) is 10.8 Å². The number of benzene rings is 3. The van der Waals surface area contributed by atoms with Crippen LogP contribution in [0.25, 0.3) is 44.3 Å². The molecule has 2 aromatic heterocycles. The molecule has 0 fully saturated rings. The second kappa shape index (κ2) is 30.9. The fourth-order valence-electron chi connectivity index (χ4n) is 13.5. The molecular formula is C64H96Br2N4S2. The maximum atomic E-state index is 5.21. The first-order chi connectivity index (χ1) is 35.5. The molecule has 0 atom stereocenters. The summed E-state index contributed by atoms with van der Waals surface area (Å²) in [7, 11) is 0. The molecule has 7 rings (SSSR count). The molecule has 0 spiro atoms. The highest BCUT2D eigenvalue weighted by molar-refractivity contribution is 9.11. The van der Waals surface area contributed by atoms with E-state index in [9.17, 15) is 0 Å². The van der Waals surface area contributed by atoms with E-state index in [2.05, 4.69) is 83.8 Å². The van der Waals surface area contributed by atoms with Crippen molar-refractivity contribution in [1.82, 2.24) is 17.5 Å². The Morgan fingerprint density at radius 3 is 0.806 bits per heavy atom. The quantitative estimate of drug-likeness (QED) is 0.0367. The molecule has 0 saturated heterocycles. The van der Waals surface area contributed by atoms with Gasteiger partial charge in [-0.05, 0) is 115 Å². The summed E-state index contributed by atoms with van der Waals surface area (Å²) < 4.78 is 22.6. The first-order valence-corrected chi connectivity index (χ1v) is 33.6. The van der Waals surface area contributed by atoms with E-state index in [1.807, 2.05) is 0 Å². The maximum absolute atomic E-state index is 5.21. The Bertz CT molecular complexity index is 2160. The molecule has 2 heterocycles. The lowest BCUT2D eigenvalue weighted by molar-refractivity contribution is 0.393. The molecule has 398 valence electrons.